The Hall–Kier alpha value is -1.90. The minimum Gasteiger partial charge on any atom is -0.363 e. The lowest BCUT2D eigenvalue weighted by molar-refractivity contribution is 0.422. The minimum absolute atomic E-state index is 0.853. The summed E-state index contributed by atoms with van der Waals surface area (Å²) in [5.74, 6) is 0. The Morgan fingerprint density at radius 1 is 1.41 bits per heavy atom. The summed E-state index contributed by atoms with van der Waals surface area (Å²) in [7, 11) is 0. The highest BCUT2D eigenvalue weighted by Gasteiger charge is 2.06. The predicted molar refractivity (Wildman–Crippen MR) is 68.3 cm³/mol. The topological polar surface area (TPSA) is 38.9 Å². The second kappa shape index (κ2) is 5.99. The molecule has 88 valence electrons. The van der Waals surface area contributed by atoms with Crippen LogP contribution in [0.2, 0.25) is 0 Å². The lowest BCUT2D eigenvalue weighted by Crippen LogP contribution is -1.81. The monoisotopic (exact) mass is 228 g/mol. The molecule has 0 saturated heterocycles. The van der Waals surface area contributed by atoms with Gasteiger partial charge in [-0.05, 0) is 18.6 Å². The van der Waals surface area contributed by atoms with E-state index in [1.54, 1.807) is 18.7 Å². The fourth-order valence-electron chi connectivity index (χ4n) is 1.62. The van der Waals surface area contributed by atoms with Crippen molar-refractivity contribution in [2.75, 3.05) is 0 Å². The van der Waals surface area contributed by atoms with Gasteiger partial charge < -0.3 is 4.52 Å². The van der Waals surface area contributed by atoms with Crippen LogP contribution >= 0.6 is 0 Å². The van der Waals surface area contributed by atoms with Gasteiger partial charge in [-0.1, -0.05) is 37.1 Å². The molecule has 0 unspecified atom stereocenters. The van der Waals surface area contributed by atoms with Crippen LogP contribution in [0.25, 0.3) is 17.3 Å². The van der Waals surface area contributed by atoms with Gasteiger partial charge in [0.05, 0.1) is 0 Å². The molecular weight excluding hydrogens is 212 g/mol. The van der Waals surface area contributed by atoms with E-state index in [1.165, 1.54) is 12.8 Å². The fourth-order valence-corrected chi connectivity index (χ4v) is 1.62. The standard InChI is InChI=1S/C14H16N2O/c1-2-3-4-5-7-13-11-17-16-14(13)12-8-6-9-15-10-12/h5-11H,2-4H2,1H3/b7-5+. The van der Waals surface area contributed by atoms with Crippen molar-refractivity contribution in [3.63, 3.8) is 0 Å². The van der Waals surface area contributed by atoms with Crippen LogP contribution < -0.4 is 0 Å². The van der Waals surface area contributed by atoms with E-state index in [-0.39, 0.29) is 0 Å². The van der Waals surface area contributed by atoms with Crippen LogP contribution in [0.3, 0.4) is 0 Å². The molecule has 2 heterocycles. The quantitative estimate of drug-likeness (QED) is 0.727. The third-order valence-electron chi connectivity index (χ3n) is 2.55. The predicted octanol–water partition coefficient (Wildman–Crippen LogP) is 3.94. The highest BCUT2D eigenvalue weighted by Crippen LogP contribution is 2.22. The van der Waals surface area contributed by atoms with Crippen LogP contribution in [-0.2, 0) is 0 Å². The van der Waals surface area contributed by atoms with Gasteiger partial charge in [0, 0.05) is 23.5 Å². The van der Waals surface area contributed by atoms with Crippen molar-refractivity contribution in [3.05, 3.63) is 42.4 Å². The van der Waals surface area contributed by atoms with E-state index in [1.807, 2.05) is 12.1 Å². The second-order valence-electron chi connectivity index (χ2n) is 3.90. The number of aromatic nitrogens is 2. The molecule has 2 rings (SSSR count). The highest BCUT2D eigenvalue weighted by atomic mass is 16.5. The lowest BCUT2D eigenvalue weighted by atomic mass is 10.1. The summed E-state index contributed by atoms with van der Waals surface area (Å²) in [5.41, 5.74) is 2.84. The van der Waals surface area contributed by atoms with Crippen molar-refractivity contribution in [1.29, 1.82) is 0 Å². The molecule has 0 spiro atoms. The molecule has 2 aromatic rings. The van der Waals surface area contributed by atoms with Crippen LogP contribution in [0.4, 0.5) is 0 Å². The van der Waals surface area contributed by atoms with Crippen LogP contribution in [0.5, 0.6) is 0 Å². The Bertz CT molecular complexity index is 474. The van der Waals surface area contributed by atoms with Gasteiger partial charge in [0.25, 0.3) is 0 Å². The van der Waals surface area contributed by atoms with Crippen LogP contribution in [0.15, 0.2) is 41.4 Å². The molecule has 2 aromatic heterocycles. The van der Waals surface area contributed by atoms with Gasteiger partial charge in [-0.3, -0.25) is 4.98 Å². The zero-order chi connectivity index (χ0) is 11.9. The third kappa shape index (κ3) is 3.03. The van der Waals surface area contributed by atoms with Crippen molar-refractivity contribution in [3.8, 4) is 11.3 Å². The molecule has 3 heteroatoms. The number of unbranched alkanes of at least 4 members (excludes halogenated alkanes) is 2. The van der Waals surface area contributed by atoms with Crippen molar-refractivity contribution in [2.45, 2.75) is 26.2 Å². The molecule has 0 radical (unpaired) electrons. The maximum atomic E-state index is 5.03. The van der Waals surface area contributed by atoms with Crippen LogP contribution in [-0.4, -0.2) is 10.1 Å². The summed E-state index contributed by atoms with van der Waals surface area (Å²) >= 11 is 0. The summed E-state index contributed by atoms with van der Waals surface area (Å²) in [6.07, 6.45) is 13.0. The molecule has 0 atom stereocenters. The molecule has 0 aliphatic rings. The zero-order valence-corrected chi connectivity index (χ0v) is 9.97. The first-order valence-corrected chi connectivity index (χ1v) is 5.93. The summed E-state index contributed by atoms with van der Waals surface area (Å²) in [5, 5.41) is 4.02. The molecule has 0 aromatic carbocycles. The number of hydrogen-bond donors (Lipinski definition) is 0. The third-order valence-corrected chi connectivity index (χ3v) is 2.55. The highest BCUT2D eigenvalue weighted by molar-refractivity contribution is 5.70. The Morgan fingerprint density at radius 3 is 3.12 bits per heavy atom. The van der Waals surface area contributed by atoms with E-state index in [4.69, 9.17) is 4.52 Å². The summed E-state index contributed by atoms with van der Waals surface area (Å²) in [6, 6.07) is 3.88. The molecule has 0 N–H and O–H groups in total. The molecule has 0 amide bonds. The van der Waals surface area contributed by atoms with Crippen molar-refractivity contribution in [2.24, 2.45) is 0 Å². The molecule has 0 saturated carbocycles. The summed E-state index contributed by atoms with van der Waals surface area (Å²) < 4.78 is 5.03. The number of hydrogen-bond acceptors (Lipinski definition) is 3. The number of allylic oxidation sites excluding steroid dienone is 1. The first-order chi connectivity index (χ1) is 8.42. The number of nitrogens with zero attached hydrogens (tertiary/aromatic N) is 2. The first kappa shape index (κ1) is 11.6. The Morgan fingerprint density at radius 2 is 2.35 bits per heavy atom. The normalized spacial score (nSPS) is 11.1. The number of pyridine rings is 1. The summed E-state index contributed by atoms with van der Waals surface area (Å²) in [4.78, 5) is 4.09. The second-order valence-corrected chi connectivity index (χ2v) is 3.90. The zero-order valence-electron chi connectivity index (χ0n) is 9.97. The molecule has 0 aliphatic carbocycles. The largest absolute Gasteiger partial charge is 0.363 e. The maximum Gasteiger partial charge on any atom is 0.131 e. The van der Waals surface area contributed by atoms with Gasteiger partial charge >= 0.3 is 0 Å². The molecular formula is C14H16N2O. The van der Waals surface area contributed by atoms with Crippen molar-refractivity contribution >= 4 is 6.08 Å². The lowest BCUT2D eigenvalue weighted by Gasteiger charge is -1.95. The number of rotatable bonds is 5. The molecule has 0 bridgehead atoms. The Labute approximate surface area is 101 Å². The van der Waals surface area contributed by atoms with Gasteiger partial charge in [-0.2, -0.15) is 0 Å². The van der Waals surface area contributed by atoms with Gasteiger partial charge in [0.1, 0.15) is 12.0 Å². The molecule has 17 heavy (non-hydrogen) atoms. The van der Waals surface area contributed by atoms with Gasteiger partial charge in [-0.15, -0.1) is 0 Å². The molecule has 3 nitrogen and oxygen atoms in total. The molecule has 0 aliphatic heterocycles. The van der Waals surface area contributed by atoms with Crippen molar-refractivity contribution < 1.29 is 4.52 Å². The van der Waals surface area contributed by atoms with Gasteiger partial charge in [0.2, 0.25) is 0 Å². The fraction of sp³-hybridized carbons (Fsp3) is 0.286. The van der Waals surface area contributed by atoms with E-state index in [0.717, 1.165) is 23.2 Å². The first-order valence-electron chi connectivity index (χ1n) is 5.93. The minimum atomic E-state index is 0.853. The SMILES string of the molecule is CCCC/C=C/c1conc1-c1cccnc1. The Kier molecular flexibility index (Phi) is 4.08. The Balaban J connectivity index is 2.15. The van der Waals surface area contributed by atoms with E-state index < -0.39 is 0 Å². The van der Waals surface area contributed by atoms with E-state index in [0.29, 0.717) is 0 Å². The van der Waals surface area contributed by atoms with Crippen molar-refractivity contribution in [1.82, 2.24) is 10.1 Å². The average molecular weight is 228 g/mol. The van der Waals surface area contributed by atoms with Gasteiger partial charge in [-0.25, -0.2) is 0 Å². The van der Waals surface area contributed by atoms with Gasteiger partial charge in [0.15, 0.2) is 0 Å². The molecule has 0 fully saturated rings. The summed E-state index contributed by atoms with van der Waals surface area (Å²) in [6.45, 7) is 2.19. The van der Waals surface area contributed by atoms with Crippen LogP contribution in [0, 0.1) is 0 Å². The van der Waals surface area contributed by atoms with E-state index in [9.17, 15) is 0 Å². The van der Waals surface area contributed by atoms with E-state index >= 15 is 0 Å². The maximum absolute atomic E-state index is 5.03. The van der Waals surface area contributed by atoms with Crippen LogP contribution in [0.1, 0.15) is 31.7 Å². The smallest absolute Gasteiger partial charge is 0.131 e. The average Bonchev–Trinajstić information content (AvgIpc) is 2.84. The van der Waals surface area contributed by atoms with E-state index in [2.05, 4.69) is 29.2 Å².